The van der Waals surface area contributed by atoms with E-state index in [1.165, 1.54) is 0 Å². The lowest BCUT2D eigenvalue weighted by molar-refractivity contribution is 0.0219. The van der Waals surface area contributed by atoms with Crippen LogP contribution in [0.25, 0.3) is 0 Å². The van der Waals surface area contributed by atoms with Crippen molar-refractivity contribution in [1.29, 1.82) is 0 Å². The average molecular weight is 525 g/mol. The Balaban J connectivity index is 1.22. The number of urea groups is 1. The van der Waals surface area contributed by atoms with E-state index in [-0.39, 0.29) is 12.1 Å². The van der Waals surface area contributed by atoms with Gasteiger partial charge in [0.2, 0.25) is 0 Å². The lowest BCUT2D eigenvalue weighted by Gasteiger charge is -2.33. The molecular formula is C24H36N4O5S2. The predicted octanol–water partition coefficient (Wildman–Crippen LogP) is 4.37. The van der Waals surface area contributed by atoms with Crippen LogP contribution in [0.15, 0.2) is 18.2 Å². The molecule has 0 aromatic heterocycles. The number of unbranched alkanes of at least 4 members (excludes halogenated alkanes) is 1. The summed E-state index contributed by atoms with van der Waals surface area (Å²) >= 11 is 7.14. The molecule has 2 aliphatic heterocycles. The highest BCUT2D eigenvalue weighted by Gasteiger charge is 2.27. The number of thiocarbonyl (C=S) groups is 1. The molecule has 0 radical (unpaired) electrons. The fourth-order valence-electron chi connectivity index (χ4n) is 3.61. The third kappa shape index (κ3) is 9.64. The normalized spacial score (nSPS) is 15.8. The predicted molar refractivity (Wildman–Crippen MR) is 143 cm³/mol. The number of hydrogen-bond acceptors (Lipinski definition) is 7. The van der Waals surface area contributed by atoms with Gasteiger partial charge < -0.3 is 35.1 Å². The van der Waals surface area contributed by atoms with Gasteiger partial charge in [-0.1, -0.05) is 24.0 Å². The van der Waals surface area contributed by atoms with Crippen molar-refractivity contribution in [3.63, 3.8) is 0 Å². The molecule has 0 bridgehead atoms. The van der Waals surface area contributed by atoms with Gasteiger partial charge in [-0.05, 0) is 58.6 Å². The SMILES string of the molecule is CC(C)(C)OC(=O)N1CCC(SC(=S)NCCCCNC(=O)Nc2ccc3c(c2)OCCO3)CC1. The average Bonchev–Trinajstić information content (AvgIpc) is 2.80. The minimum atomic E-state index is -0.472. The van der Waals surface area contributed by atoms with Crippen molar-refractivity contribution in [2.75, 3.05) is 44.7 Å². The summed E-state index contributed by atoms with van der Waals surface area (Å²) in [5.41, 5.74) is 0.188. The number of piperidine rings is 1. The monoisotopic (exact) mass is 524 g/mol. The van der Waals surface area contributed by atoms with Crippen molar-refractivity contribution in [2.24, 2.45) is 0 Å². The molecule has 9 nitrogen and oxygen atoms in total. The van der Waals surface area contributed by atoms with Crippen LogP contribution in [-0.4, -0.2) is 71.6 Å². The number of rotatable bonds is 7. The Labute approximate surface area is 217 Å². The van der Waals surface area contributed by atoms with E-state index in [0.717, 1.165) is 36.5 Å². The molecule has 0 atom stereocenters. The second-order valence-electron chi connectivity index (χ2n) is 9.45. The number of anilines is 1. The summed E-state index contributed by atoms with van der Waals surface area (Å²) in [6, 6.07) is 5.09. The van der Waals surface area contributed by atoms with Crippen molar-refractivity contribution in [2.45, 2.75) is 57.3 Å². The van der Waals surface area contributed by atoms with E-state index in [0.29, 0.717) is 55.3 Å². The number of carbonyl (C=O) groups is 2. The van der Waals surface area contributed by atoms with Crippen molar-refractivity contribution in [3.05, 3.63) is 18.2 Å². The lowest BCUT2D eigenvalue weighted by Crippen LogP contribution is -2.42. The van der Waals surface area contributed by atoms with Gasteiger partial charge >= 0.3 is 12.1 Å². The van der Waals surface area contributed by atoms with Crippen LogP contribution in [0.2, 0.25) is 0 Å². The molecule has 2 aliphatic rings. The number of hydrogen-bond donors (Lipinski definition) is 3. The maximum absolute atomic E-state index is 12.2. The summed E-state index contributed by atoms with van der Waals surface area (Å²) in [5, 5.41) is 9.36. The standard InChI is InChI=1S/C24H36N4O5S2/c1-24(2,3)33-23(30)28-12-8-18(9-13-28)35-22(34)26-11-5-4-10-25-21(29)27-17-6-7-19-20(16-17)32-15-14-31-19/h6-7,16,18H,4-5,8-15H2,1-3H3,(H,26,34)(H2,25,27,29). The largest absolute Gasteiger partial charge is 0.486 e. The van der Waals surface area contributed by atoms with E-state index in [1.54, 1.807) is 34.9 Å². The zero-order chi connectivity index (χ0) is 25.3. The highest BCUT2D eigenvalue weighted by Crippen LogP contribution is 2.32. The van der Waals surface area contributed by atoms with Crippen LogP contribution in [0.1, 0.15) is 46.5 Å². The van der Waals surface area contributed by atoms with E-state index in [1.807, 2.05) is 20.8 Å². The van der Waals surface area contributed by atoms with Gasteiger partial charge in [0, 0.05) is 43.2 Å². The quantitative estimate of drug-likeness (QED) is 0.357. The molecule has 0 saturated carbocycles. The molecule has 35 heavy (non-hydrogen) atoms. The molecule has 2 heterocycles. The molecule has 1 aromatic rings. The van der Waals surface area contributed by atoms with Crippen molar-refractivity contribution in [1.82, 2.24) is 15.5 Å². The first-order chi connectivity index (χ1) is 16.7. The Morgan fingerprint density at radius 1 is 1.09 bits per heavy atom. The maximum atomic E-state index is 12.2. The molecule has 0 aliphatic carbocycles. The van der Waals surface area contributed by atoms with E-state index < -0.39 is 5.60 Å². The van der Waals surface area contributed by atoms with Gasteiger partial charge in [-0.25, -0.2) is 9.59 Å². The third-order valence-electron chi connectivity index (χ3n) is 5.33. The molecule has 3 N–H and O–H groups in total. The molecule has 3 rings (SSSR count). The zero-order valence-electron chi connectivity index (χ0n) is 20.7. The summed E-state index contributed by atoms with van der Waals surface area (Å²) in [5.74, 6) is 1.33. The van der Waals surface area contributed by atoms with Gasteiger partial charge in [-0.3, -0.25) is 0 Å². The summed E-state index contributed by atoms with van der Waals surface area (Å²) in [6.45, 7) is 9.39. The van der Waals surface area contributed by atoms with Gasteiger partial charge in [0.15, 0.2) is 11.5 Å². The van der Waals surface area contributed by atoms with Crippen LogP contribution in [-0.2, 0) is 4.74 Å². The Kier molecular flexibility index (Phi) is 10.1. The Hall–Kier alpha value is -2.40. The van der Waals surface area contributed by atoms with Crippen LogP contribution in [0.4, 0.5) is 15.3 Å². The highest BCUT2D eigenvalue weighted by molar-refractivity contribution is 8.23. The number of fused-ring (bicyclic) bond motifs is 1. The fraction of sp³-hybridized carbons (Fsp3) is 0.625. The topological polar surface area (TPSA) is 101 Å². The van der Waals surface area contributed by atoms with Crippen LogP contribution < -0.4 is 25.4 Å². The van der Waals surface area contributed by atoms with E-state index >= 15 is 0 Å². The van der Waals surface area contributed by atoms with Gasteiger partial charge in [-0.15, -0.1) is 0 Å². The molecule has 1 saturated heterocycles. The van der Waals surface area contributed by atoms with Gasteiger partial charge in [0.25, 0.3) is 0 Å². The first-order valence-corrected chi connectivity index (χ1v) is 13.4. The number of nitrogens with one attached hydrogen (secondary N) is 3. The van der Waals surface area contributed by atoms with E-state index in [2.05, 4.69) is 16.0 Å². The maximum Gasteiger partial charge on any atom is 0.410 e. The fourth-order valence-corrected chi connectivity index (χ4v) is 5.06. The molecule has 0 spiro atoms. The third-order valence-corrected chi connectivity index (χ3v) is 6.92. The highest BCUT2D eigenvalue weighted by atomic mass is 32.2. The molecule has 3 amide bonds. The first kappa shape index (κ1) is 27.2. The van der Waals surface area contributed by atoms with Gasteiger partial charge in [0.1, 0.15) is 23.1 Å². The second kappa shape index (κ2) is 13.1. The number of ether oxygens (including phenoxy) is 3. The smallest absolute Gasteiger partial charge is 0.410 e. The van der Waals surface area contributed by atoms with Crippen molar-refractivity contribution < 1.29 is 23.8 Å². The van der Waals surface area contributed by atoms with Crippen molar-refractivity contribution in [3.8, 4) is 11.5 Å². The number of benzene rings is 1. The molecular weight excluding hydrogens is 488 g/mol. The Morgan fingerprint density at radius 2 is 1.74 bits per heavy atom. The van der Waals surface area contributed by atoms with E-state index in [4.69, 9.17) is 26.4 Å². The van der Waals surface area contributed by atoms with Gasteiger partial charge in [-0.2, -0.15) is 0 Å². The summed E-state index contributed by atoms with van der Waals surface area (Å²) < 4.78 is 17.2. The van der Waals surface area contributed by atoms with Crippen LogP contribution in [0.3, 0.4) is 0 Å². The number of likely N-dealkylation sites (tertiary alicyclic amines) is 1. The number of thioether (sulfide) groups is 1. The zero-order valence-corrected chi connectivity index (χ0v) is 22.3. The minimum Gasteiger partial charge on any atom is -0.486 e. The van der Waals surface area contributed by atoms with Crippen LogP contribution in [0.5, 0.6) is 11.5 Å². The van der Waals surface area contributed by atoms with Crippen LogP contribution >= 0.6 is 24.0 Å². The molecule has 1 aromatic carbocycles. The number of amides is 3. The summed E-state index contributed by atoms with van der Waals surface area (Å²) in [7, 11) is 0. The minimum absolute atomic E-state index is 0.241. The number of carbonyl (C=O) groups excluding carboxylic acids is 2. The van der Waals surface area contributed by atoms with Crippen LogP contribution in [0, 0.1) is 0 Å². The Bertz CT molecular complexity index is 885. The second-order valence-corrected chi connectivity index (χ2v) is 11.4. The summed E-state index contributed by atoms with van der Waals surface area (Å²) in [6.07, 6.45) is 3.28. The molecule has 11 heteroatoms. The summed E-state index contributed by atoms with van der Waals surface area (Å²) in [4.78, 5) is 26.1. The van der Waals surface area contributed by atoms with Gasteiger partial charge in [0.05, 0.1) is 0 Å². The lowest BCUT2D eigenvalue weighted by atomic mass is 10.1. The first-order valence-electron chi connectivity index (χ1n) is 12.1. The molecule has 194 valence electrons. The Morgan fingerprint density at radius 3 is 2.43 bits per heavy atom. The molecule has 0 unspecified atom stereocenters. The van der Waals surface area contributed by atoms with E-state index in [9.17, 15) is 9.59 Å². The van der Waals surface area contributed by atoms with Crippen molar-refractivity contribution >= 4 is 46.1 Å². The number of nitrogens with zero attached hydrogens (tertiary/aromatic N) is 1. The molecule has 1 fully saturated rings.